The molecule has 106 valence electrons. The summed E-state index contributed by atoms with van der Waals surface area (Å²) in [5, 5.41) is 12.3. The fourth-order valence-corrected chi connectivity index (χ4v) is 2.90. The molecule has 2 aliphatic rings. The molecule has 0 aromatic heterocycles. The van der Waals surface area contributed by atoms with Crippen molar-refractivity contribution in [3.8, 4) is 0 Å². The van der Waals surface area contributed by atoms with Crippen molar-refractivity contribution in [1.29, 1.82) is 0 Å². The maximum atomic E-state index is 12.3. The van der Waals surface area contributed by atoms with Gasteiger partial charge < -0.3 is 14.8 Å². The lowest BCUT2D eigenvalue weighted by atomic mass is 9.85. The third-order valence-corrected chi connectivity index (χ3v) is 4.10. The van der Waals surface area contributed by atoms with E-state index in [4.69, 9.17) is 9.94 Å². The Labute approximate surface area is 112 Å². The quantitative estimate of drug-likeness (QED) is 0.835. The molecule has 0 aromatic rings. The van der Waals surface area contributed by atoms with Gasteiger partial charge in [0.1, 0.15) is 0 Å². The van der Waals surface area contributed by atoms with E-state index in [0.29, 0.717) is 5.92 Å². The highest BCUT2D eigenvalue weighted by molar-refractivity contribution is 6.36. The SMILES string of the molecule is CC1CCCCC1N(C)C(=O)C1CC(C(=O)O)=NO1. The number of amides is 1. The van der Waals surface area contributed by atoms with Crippen molar-refractivity contribution in [1.82, 2.24) is 4.90 Å². The zero-order chi connectivity index (χ0) is 14.0. The van der Waals surface area contributed by atoms with E-state index < -0.39 is 12.1 Å². The van der Waals surface area contributed by atoms with Crippen molar-refractivity contribution >= 4 is 17.6 Å². The first kappa shape index (κ1) is 13.8. The predicted molar refractivity (Wildman–Crippen MR) is 68.8 cm³/mol. The van der Waals surface area contributed by atoms with Crippen molar-refractivity contribution in [2.45, 2.75) is 51.2 Å². The van der Waals surface area contributed by atoms with Crippen molar-refractivity contribution in [2.24, 2.45) is 11.1 Å². The van der Waals surface area contributed by atoms with Crippen LogP contribution in [-0.4, -0.2) is 46.8 Å². The zero-order valence-corrected chi connectivity index (χ0v) is 11.3. The molecule has 0 bridgehead atoms. The Balaban J connectivity index is 1.95. The lowest BCUT2D eigenvalue weighted by Gasteiger charge is -2.36. The second-order valence-corrected chi connectivity index (χ2v) is 5.42. The summed E-state index contributed by atoms with van der Waals surface area (Å²) >= 11 is 0. The molecule has 1 aliphatic heterocycles. The first-order valence-electron chi connectivity index (χ1n) is 6.73. The standard InChI is InChI=1S/C13H20N2O4/c1-8-5-3-4-6-10(8)15(2)12(16)11-7-9(13(17)18)14-19-11/h8,10-11H,3-7H2,1-2H3,(H,17,18). The highest BCUT2D eigenvalue weighted by atomic mass is 16.6. The van der Waals surface area contributed by atoms with Crippen LogP contribution in [0.1, 0.15) is 39.0 Å². The molecule has 3 unspecified atom stereocenters. The zero-order valence-electron chi connectivity index (χ0n) is 11.3. The van der Waals surface area contributed by atoms with Crippen LogP contribution < -0.4 is 0 Å². The lowest BCUT2D eigenvalue weighted by Crippen LogP contribution is -2.47. The number of nitrogens with zero attached hydrogens (tertiary/aromatic N) is 2. The molecule has 1 N–H and O–H groups in total. The van der Waals surface area contributed by atoms with Crippen LogP contribution in [-0.2, 0) is 14.4 Å². The van der Waals surface area contributed by atoms with Gasteiger partial charge in [-0.1, -0.05) is 24.9 Å². The van der Waals surface area contributed by atoms with Crippen LogP contribution in [0, 0.1) is 5.92 Å². The smallest absolute Gasteiger partial charge is 0.353 e. The number of carboxylic acids is 1. The number of oxime groups is 1. The number of carboxylic acid groups (broad SMARTS) is 1. The van der Waals surface area contributed by atoms with Gasteiger partial charge in [0.25, 0.3) is 5.91 Å². The number of carbonyl (C=O) groups excluding carboxylic acids is 1. The molecule has 1 amide bonds. The normalized spacial score (nSPS) is 30.4. The number of hydrogen-bond donors (Lipinski definition) is 1. The summed E-state index contributed by atoms with van der Waals surface area (Å²) in [6, 6.07) is 0.221. The van der Waals surface area contributed by atoms with Crippen molar-refractivity contribution in [2.75, 3.05) is 7.05 Å². The molecule has 19 heavy (non-hydrogen) atoms. The van der Waals surface area contributed by atoms with Crippen LogP contribution in [0.5, 0.6) is 0 Å². The lowest BCUT2D eigenvalue weighted by molar-refractivity contribution is -0.144. The van der Waals surface area contributed by atoms with Gasteiger partial charge >= 0.3 is 5.97 Å². The van der Waals surface area contributed by atoms with Crippen LogP contribution in [0.25, 0.3) is 0 Å². The van der Waals surface area contributed by atoms with Crippen molar-refractivity contribution in [3.05, 3.63) is 0 Å². The van der Waals surface area contributed by atoms with Gasteiger partial charge in [0, 0.05) is 19.5 Å². The molecule has 2 rings (SSSR count). The Morgan fingerprint density at radius 3 is 2.63 bits per heavy atom. The average molecular weight is 268 g/mol. The Bertz CT molecular complexity index is 407. The summed E-state index contributed by atoms with van der Waals surface area (Å²) in [6.07, 6.45) is 3.76. The monoisotopic (exact) mass is 268 g/mol. The highest BCUT2D eigenvalue weighted by Gasteiger charge is 2.37. The average Bonchev–Trinajstić information content (AvgIpc) is 2.87. The number of rotatable bonds is 3. The summed E-state index contributed by atoms with van der Waals surface area (Å²) in [5.41, 5.74) is -0.0801. The Hall–Kier alpha value is -1.59. The van der Waals surface area contributed by atoms with E-state index >= 15 is 0 Å². The van der Waals surface area contributed by atoms with E-state index in [1.54, 1.807) is 11.9 Å². The molecule has 3 atom stereocenters. The Kier molecular flexibility index (Phi) is 4.07. The van der Waals surface area contributed by atoms with Gasteiger partial charge in [-0.15, -0.1) is 0 Å². The van der Waals surface area contributed by atoms with Crippen molar-refractivity contribution in [3.63, 3.8) is 0 Å². The van der Waals surface area contributed by atoms with Gasteiger partial charge in [-0.05, 0) is 18.8 Å². The molecule has 1 fully saturated rings. The van der Waals surface area contributed by atoms with Crippen LogP contribution in [0.3, 0.4) is 0 Å². The van der Waals surface area contributed by atoms with Crippen molar-refractivity contribution < 1.29 is 19.5 Å². The topological polar surface area (TPSA) is 79.2 Å². The Morgan fingerprint density at radius 1 is 1.37 bits per heavy atom. The first-order chi connectivity index (χ1) is 9.00. The number of aliphatic carboxylic acids is 1. The third-order valence-electron chi connectivity index (χ3n) is 4.10. The van der Waals surface area contributed by atoms with E-state index in [1.807, 2.05) is 0 Å². The van der Waals surface area contributed by atoms with E-state index in [9.17, 15) is 9.59 Å². The molecular formula is C13H20N2O4. The van der Waals surface area contributed by atoms with Crippen LogP contribution in [0.2, 0.25) is 0 Å². The van der Waals surface area contributed by atoms with E-state index in [0.717, 1.165) is 19.3 Å². The van der Waals surface area contributed by atoms with Gasteiger partial charge in [-0.3, -0.25) is 4.79 Å². The minimum atomic E-state index is -1.12. The molecule has 6 heteroatoms. The maximum absolute atomic E-state index is 12.3. The van der Waals surface area contributed by atoms with E-state index in [1.165, 1.54) is 6.42 Å². The first-order valence-corrected chi connectivity index (χ1v) is 6.73. The summed E-state index contributed by atoms with van der Waals surface area (Å²) in [6.45, 7) is 2.16. The van der Waals surface area contributed by atoms with Gasteiger partial charge in [0.05, 0.1) is 0 Å². The fourth-order valence-electron chi connectivity index (χ4n) is 2.90. The third kappa shape index (κ3) is 2.88. The van der Waals surface area contributed by atoms with E-state index in [-0.39, 0.29) is 24.1 Å². The molecule has 0 aromatic carbocycles. The molecule has 1 aliphatic carbocycles. The molecule has 0 radical (unpaired) electrons. The minimum Gasteiger partial charge on any atom is -0.477 e. The van der Waals surface area contributed by atoms with E-state index in [2.05, 4.69) is 12.1 Å². The summed E-state index contributed by atoms with van der Waals surface area (Å²) in [4.78, 5) is 29.7. The molecule has 0 spiro atoms. The number of carbonyl (C=O) groups is 2. The predicted octanol–water partition coefficient (Wildman–Crippen LogP) is 1.25. The van der Waals surface area contributed by atoms with Crippen LogP contribution in [0.4, 0.5) is 0 Å². The van der Waals surface area contributed by atoms with Crippen LogP contribution in [0.15, 0.2) is 5.16 Å². The summed E-state index contributed by atoms with van der Waals surface area (Å²) in [5.74, 6) is -0.813. The van der Waals surface area contributed by atoms with Gasteiger partial charge in [0.15, 0.2) is 5.71 Å². The van der Waals surface area contributed by atoms with Gasteiger partial charge in [-0.25, -0.2) is 4.79 Å². The summed E-state index contributed by atoms with van der Waals surface area (Å²) in [7, 11) is 1.77. The van der Waals surface area contributed by atoms with Gasteiger partial charge in [-0.2, -0.15) is 0 Å². The molecule has 1 heterocycles. The number of hydrogen-bond acceptors (Lipinski definition) is 4. The molecular weight excluding hydrogens is 248 g/mol. The molecule has 1 saturated carbocycles. The second kappa shape index (κ2) is 5.59. The highest BCUT2D eigenvalue weighted by Crippen LogP contribution is 2.28. The number of likely N-dealkylation sites (N-methyl/N-ethyl adjacent to an activating group) is 1. The molecule has 0 saturated heterocycles. The fraction of sp³-hybridized carbons (Fsp3) is 0.769. The minimum absolute atomic E-state index is 0.0552. The Morgan fingerprint density at radius 2 is 2.05 bits per heavy atom. The largest absolute Gasteiger partial charge is 0.477 e. The summed E-state index contributed by atoms with van der Waals surface area (Å²) < 4.78 is 0. The van der Waals surface area contributed by atoms with Crippen LogP contribution >= 0.6 is 0 Å². The maximum Gasteiger partial charge on any atom is 0.353 e. The van der Waals surface area contributed by atoms with Gasteiger partial charge in [0.2, 0.25) is 6.10 Å². The molecule has 6 nitrogen and oxygen atoms in total. The second-order valence-electron chi connectivity index (χ2n) is 5.42.